The number of amides is 2. The number of nitriles is 1. The van der Waals surface area contributed by atoms with E-state index in [2.05, 4.69) is 30.3 Å². The van der Waals surface area contributed by atoms with E-state index in [1.165, 1.54) is 18.3 Å². The number of pyridine rings is 2. The van der Waals surface area contributed by atoms with Crippen molar-refractivity contribution in [2.24, 2.45) is 4.99 Å². The highest BCUT2D eigenvalue weighted by atomic mass is 32.3. The number of fused-ring (bicyclic) bond motifs is 1. The van der Waals surface area contributed by atoms with Gasteiger partial charge in [0.15, 0.2) is 0 Å². The topological polar surface area (TPSA) is 169 Å². The van der Waals surface area contributed by atoms with Gasteiger partial charge in [-0.3, -0.25) is 24.0 Å². The maximum absolute atomic E-state index is 15.2. The predicted octanol–water partition coefficient (Wildman–Crippen LogP) is 2.02. The minimum absolute atomic E-state index is 0.0109. The van der Waals surface area contributed by atoms with Gasteiger partial charge in [0.25, 0.3) is 5.91 Å². The first-order chi connectivity index (χ1) is 16.8. The fourth-order valence-electron chi connectivity index (χ4n) is 4.89. The molecule has 0 spiro atoms. The zero-order chi connectivity index (χ0) is 26.5. The summed E-state index contributed by atoms with van der Waals surface area (Å²) >= 11 is 0. The summed E-state index contributed by atoms with van der Waals surface area (Å²) < 4.78 is 31.3. The van der Waals surface area contributed by atoms with Gasteiger partial charge < -0.3 is 10.4 Å². The number of rotatable bonds is 3. The van der Waals surface area contributed by atoms with Crippen molar-refractivity contribution in [1.82, 2.24) is 20.0 Å². The van der Waals surface area contributed by atoms with Gasteiger partial charge in [0.2, 0.25) is 0 Å². The molecule has 0 unspecified atom stereocenters. The molecule has 2 aliphatic rings. The van der Waals surface area contributed by atoms with E-state index >= 15 is 4.39 Å². The molecule has 1 fully saturated rings. The quantitative estimate of drug-likeness (QED) is 0.389. The van der Waals surface area contributed by atoms with Crippen molar-refractivity contribution in [2.75, 3.05) is 11.9 Å². The molecule has 0 aromatic carbocycles. The van der Waals surface area contributed by atoms with Gasteiger partial charge in [0.1, 0.15) is 40.5 Å². The molecule has 4 heterocycles. The van der Waals surface area contributed by atoms with E-state index < -0.39 is 43.5 Å². The molecule has 4 rings (SSSR count). The van der Waals surface area contributed by atoms with Crippen LogP contribution < -0.4 is 15.4 Å². The molecule has 11 nitrogen and oxygen atoms in total. The molecule has 13 heteroatoms. The molecule has 36 heavy (non-hydrogen) atoms. The Balaban J connectivity index is 1.78. The van der Waals surface area contributed by atoms with E-state index in [4.69, 9.17) is 5.26 Å². The number of halogens is 1. The fraction of sp³-hybridized carbons (Fsp3) is 0.391. The molecule has 0 aliphatic carbocycles. The maximum atomic E-state index is 15.2. The van der Waals surface area contributed by atoms with Crippen LogP contribution >= 0.6 is 0 Å². The first-order valence-corrected chi connectivity index (χ1v) is 12.9. The Hall–Kier alpha value is -3.76. The SMILES string of the molecule is Cc1cc(C#N)cnc1C(=O)Nc1ccc(F)c([C@@]2(C)N=C(NC(=O)O)C(C)(C)[SH]3(=O)NCC[C@H]23)n1. The second-order valence-corrected chi connectivity index (χ2v) is 12.8. The van der Waals surface area contributed by atoms with Gasteiger partial charge in [0, 0.05) is 12.7 Å². The minimum Gasteiger partial charge on any atom is -0.465 e. The summed E-state index contributed by atoms with van der Waals surface area (Å²) in [5.74, 6) is -1.39. The van der Waals surface area contributed by atoms with Crippen LogP contribution in [0.2, 0.25) is 0 Å². The van der Waals surface area contributed by atoms with Crippen LogP contribution in [-0.4, -0.2) is 53.7 Å². The van der Waals surface area contributed by atoms with Crippen LogP contribution in [-0.2, 0) is 15.7 Å². The summed E-state index contributed by atoms with van der Waals surface area (Å²) in [7, 11) is -3.34. The first kappa shape index (κ1) is 25.3. The second kappa shape index (κ2) is 8.72. The molecule has 2 aromatic heterocycles. The van der Waals surface area contributed by atoms with Crippen molar-refractivity contribution in [3.8, 4) is 6.07 Å². The highest BCUT2D eigenvalue weighted by molar-refractivity contribution is 8.04. The number of thiol groups is 1. The zero-order valence-electron chi connectivity index (χ0n) is 20.1. The van der Waals surface area contributed by atoms with E-state index in [1.54, 1.807) is 27.7 Å². The molecule has 0 radical (unpaired) electrons. The third-order valence-corrected chi connectivity index (χ3v) is 11.0. The Labute approximate surface area is 207 Å². The molecular weight excluding hydrogens is 489 g/mol. The molecule has 2 aliphatic heterocycles. The number of carbonyl (C=O) groups excluding carboxylic acids is 1. The van der Waals surface area contributed by atoms with Crippen LogP contribution in [0.3, 0.4) is 0 Å². The number of nitrogens with zero attached hydrogens (tertiary/aromatic N) is 4. The molecule has 2 atom stereocenters. The Kier molecular flexibility index (Phi) is 6.14. The van der Waals surface area contributed by atoms with Gasteiger partial charge in [-0.1, -0.05) is 0 Å². The molecule has 2 aromatic rings. The number of carboxylic acid groups (broad SMARTS) is 1. The molecule has 190 valence electrons. The van der Waals surface area contributed by atoms with Crippen LogP contribution in [0.25, 0.3) is 0 Å². The zero-order valence-corrected chi connectivity index (χ0v) is 21.0. The van der Waals surface area contributed by atoms with Gasteiger partial charge >= 0.3 is 6.09 Å². The van der Waals surface area contributed by atoms with Crippen LogP contribution in [0.5, 0.6) is 0 Å². The number of anilines is 1. The van der Waals surface area contributed by atoms with Gasteiger partial charge in [0.05, 0.1) is 15.6 Å². The average Bonchev–Trinajstić information content (AvgIpc) is 3.23. The first-order valence-electron chi connectivity index (χ1n) is 11.1. The standard InChI is InChI=1S/C23H26FN7O4S/c1-12-9-13(10-25)11-26-17(12)19(32)29-16-6-5-14(24)18(28-16)23(4)15-7-8-27-36(15,35)22(2,3)20(31-23)30-21(33)34/h5-6,9,11,15,36H,7-8H2,1-4H3,(H,27,35)(H,30,31)(H,33,34)(H,28,29,32)/t15-,23+/m1/s1. The summed E-state index contributed by atoms with van der Waals surface area (Å²) in [5.41, 5.74) is -0.804. The highest BCUT2D eigenvalue weighted by Gasteiger charge is 2.59. The number of hydrogen-bond donors (Lipinski definition) is 5. The third-order valence-electron chi connectivity index (χ3n) is 6.82. The van der Waals surface area contributed by atoms with Crippen molar-refractivity contribution >= 4 is 33.8 Å². The Morgan fingerprint density at radius 3 is 2.67 bits per heavy atom. The van der Waals surface area contributed by atoms with Crippen molar-refractivity contribution in [3.05, 3.63) is 52.7 Å². The normalized spacial score (nSPS) is 24.6. The van der Waals surface area contributed by atoms with E-state index in [1.807, 2.05) is 6.07 Å². The predicted molar refractivity (Wildman–Crippen MR) is 132 cm³/mol. The summed E-state index contributed by atoms with van der Waals surface area (Å²) in [4.78, 5) is 37.3. The fourth-order valence-corrected chi connectivity index (χ4v) is 8.55. The molecule has 0 bridgehead atoms. The maximum Gasteiger partial charge on any atom is 0.410 e. The molecule has 0 saturated carbocycles. The largest absolute Gasteiger partial charge is 0.465 e. The lowest BCUT2D eigenvalue weighted by atomic mass is 9.89. The summed E-state index contributed by atoms with van der Waals surface area (Å²) in [5, 5.41) is 22.5. The Morgan fingerprint density at radius 1 is 1.31 bits per heavy atom. The van der Waals surface area contributed by atoms with Crippen molar-refractivity contribution in [2.45, 2.75) is 49.7 Å². The van der Waals surface area contributed by atoms with E-state index in [0.717, 1.165) is 6.07 Å². The Bertz CT molecular complexity index is 1400. The lowest BCUT2D eigenvalue weighted by Gasteiger charge is -2.50. The van der Waals surface area contributed by atoms with Crippen molar-refractivity contribution < 1.29 is 23.3 Å². The summed E-state index contributed by atoms with van der Waals surface area (Å²) in [6.45, 7) is 6.87. The number of carbonyl (C=O) groups is 2. The number of nitrogens with one attached hydrogen (secondary N) is 3. The van der Waals surface area contributed by atoms with E-state index in [-0.39, 0.29) is 23.0 Å². The van der Waals surface area contributed by atoms with Gasteiger partial charge in [-0.2, -0.15) is 5.26 Å². The number of hydrogen-bond acceptors (Lipinski definition) is 7. The summed E-state index contributed by atoms with van der Waals surface area (Å²) in [6.07, 6.45) is 0.299. The van der Waals surface area contributed by atoms with Crippen LogP contribution in [0.15, 0.2) is 29.4 Å². The lowest BCUT2D eigenvalue weighted by Crippen LogP contribution is -2.66. The van der Waals surface area contributed by atoms with Gasteiger partial charge in [-0.05, 0) is 68.0 Å². The van der Waals surface area contributed by atoms with Crippen molar-refractivity contribution in [1.29, 1.82) is 5.26 Å². The molecule has 1 saturated heterocycles. The second-order valence-electron chi connectivity index (χ2n) is 9.45. The molecule has 4 N–H and O–H groups in total. The Morgan fingerprint density at radius 2 is 2.03 bits per heavy atom. The lowest BCUT2D eigenvalue weighted by molar-refractivity contribution is 0.102. The third kappa shape index (κ3) is 3.92. The molecule has 2 amide bonds. The summed E-state index contributed by atoms with van der Waals surface area (Å²) in [6, 6.07) is 5.87. The van der Waals surface area contributed by atoms with Gasteiger partial charge in [-0.25, -0.2) is 19.2 Å². The molecular formula is C23H26FN7O4S. The number of aliphatic imine (C=N–C) groups is 1. The van der Waals surface area contributed by atoms with E-state index in [9.17, 15) is 18.9 Å². The number of aromatic nitrogens is 2. The highest BCUT2D eigenvalue weighted by Crippen LogP contribution is 2.48. The number of amidine groups is 1. The smallest absolute Gasteiger partial charge is 0.410 e. The van der Waals surface area contributed by atoms with Crippen molar-refractivity contribution in [3.63, 3.8) is 0 Å². The minimum atomic E-state index is -3.34. The number of aryl methyl sites for hydroxylation is 1. The van der Waals surface area contributed by atoms with Crippen LogP contribution in [0.4, 0.5) is 15.0 Å². The monoisotopic (exact) mass is 515 g/mol. The van der Waals surface area contributed by atoms with Gasteiger partial charge in [-0.15, -0.1) is 0 Å². The van der Waals surface area contributed by atoms with Crippen LogP contribution in [0, 0.1) is 24.1 Å². The van der Waals surface area contributed by atoms with E-state index in [0.29, 0.717) is 24.1 Å². The van der Waals surface area contributed by atoms with Crippen LogP contribution in [0.1, 0.15) is 54.5 Å². The average molecular weight is 516 g/mol.